The van der Waals surface area contributed by atoms with Gasteiger partial charge in [0.1, 0.15) is 11.7 Å². The van der Waals surface area contributed by atoms with Crippen LogP contribution in [0.3, 0.4) is 0 Å². The number of Topliss-reactive ketones (excluding diaryl/α,β-unsaturated/α-hetero) is 1. The van der Waals surface area contributed by atoms with Crippen molar-refractivity contribution in [2.24, 2.45) is 11.8 Å². The number of alkyl halides is 3. The molecule has 1 aliphatic carbocycles. The van der Waals surface area contributed by atoms with Gasteiger partial charge >= 0.3 is 6.36 Å². The Kier molecular flexibility index (Phi) is 4.03. The van der Waals surface area contributed by atoms with Crippen molar-refractivity contribution in [1.29, 1.82) is 0 Å². The molecule has 0 amide bonds. The number of carbonyl (C=O) groups is 1. The summed E-state index contributed by atoms with van der Waals surface area (Å²) in [5, 5.41) is 0. The van der Waals surface area contributed by atoms with Crippen LogP contribution in [0.15, 0.2) is 0 Å². The third-order valence-corrected chi connectivity index (χ3v) is 5.56. The molecule has 1 unspecified atom stereocenters. The van der Waals surface area contributed by atoms with Crippen LogP contribution < -0.4 is 0 Å². The summed E-state index contributed by atoms with van der Waals surface area (Å²) in [6.07, 6.45) is -4.88. The molecule has 3 rings (SSSR count). The van der Waals surface area contributed by atoms with E-state index in [4.69, 9.17) is 14.2 Å². The minimum atomic E-state index is -4.64. The molecule has 0 radical (unpaired) electrons. The molecular formula is C15H21F3O5. The molecule has 23 heavy (non-hydrogen) atoms. The third-order valence-electron chi connectivity index (χ3n) is 5.56. The fraction of sp³-hybridized carbons (Fsp3) is 0.933. The molecule has 2 aliphatic heterocycles. The van der Waals surface area contributed by atoms with Gasteiger partial charge in [0.15, 0.2) is 5.78 Å². The molecule has 132 valence electrons. The van der Waals surface area contributed by atoms with Gasteiger partial charge in [-0.25, -0.2) is 0 Å². The highest BCUT2D eigenvalue weighted by molar-refractivity contribution is 5.88. The molecule has 0 bridgehead atoms. The Bertz CT molecular complexity index is 490. The molecule has 0 aromatic rings. The highest BCUT2D eigenvalue weighted by Gasteiger charge is 2.68. The lowest BCUT2D eigenvalue weighted by Gasteiger charge is -2.39. The normalized spacial score (nSPS) is 46.3. The SMILES string of the molecule is CO[C@@H]1C(=O)[C@H](C)[C@]2(CO2)C[C@H]1C1(C)O[C@@H]1CCOC(F)(F)F. The number of hydrogen-bond acceptors (Lipinski definition) is 5. The summed E-state index contributed by atoms with van der Waals surface area (Å²) in [4.78, 5) is 12.5. The summed E-state index contributed by atoms with van der Waals surface area (Å²) < 4.78 is 56.5. The lowest BCUT2D eigenvalue weighted by atomic mass is 9.67. The van der Waals surface area contributed by atoms with Crippen molar-refractivity contribution in [3.05, 3.63) is 0 Å². The van der Waals surface area contributed by atoms with Crippen LogP contribution in [0.1, 0.15) is 26.7 Å². The van der Waals surface area contributed by atoms with Crippen LogP contribution in [0.2, 0.25) is 0 Å². The molecular weight excluding hydrogens is 317 g/mol. The standard InChI is InChI=1S/C15H21F3O5/c1-8-11(19)12(20-3)9(6-14(8)7-22-14)13(2)10(23-13)4-5-21-15(16,17)18/h8-10,12H,4-7H2,1-3H3/t8-,9+,10+,12-,13?,14+/m0/s1. The lowest BCUT2D eigenvalue weighted by Crippen LogP contribution is -2.53. The Hall–Kier alpha value is -0.700. The van der Waals surface area contributed by atoms with Gasteiger partial charge < -0.3 is 14.2 Å². The minimum Gasteiger partial charge on any atom is -0.373 e. The van der Waals surface area contributed by atoms with Gasteiger partial charge in [-0.15, -0.1) is 13.2 Å². The molecule has 2 saturated heterocycles. The van der Waals surface area contributed by atoms with Crippen molar-refractivity contribution in [1.82, 2.24) is 0 Å². The van der Waals surface area contributed by atoms with Crippen LogP contribution in [0.25, 0.3) is 0 Å². The topological polar surface area (TPSA) is 60.6 Å². The van der Waals surface area contributed by atoms with E-state index in [0.29, 0.717) is 13.0 Å². The Labute approximate surface area is 132 Å². The zero-order valence-electron chi connectivity index (χ0n) is 13.3. The fourth-order valence-corrected chi connectivity index (χ4v) is 3.83. The van der Waals surface area contributed by atoms with Gasteiger partial charge in [0, 0.05) is 25.4 Å². The summed E-state index contributed by atoms with van der Waals surface area (Å²) in [6.45, 7) is 3.73. The summed E-state index contributed by atoms with van der Waals surface area (Å²) in [6, 6.07) is 0. The Morgan fingerprint density at radius 2 is 2.04 bits per heavy atom. The Morgan fingerprint density at radius 1 is 1.39 bits per heavy atom. The predicted octanol–water partition coefficient (Wildman–Crippen LogP) is 2.08. The number of epoxide rings is 2. The van der Waals surface area contributed by atoms with Crippen LogP contribution in [0, 0.1) is 11.8 Å². The van der Waals surface area contributed by atoms with Crippen molar-refractivity contribution in [2.75, 3.05) is 20.3 Å². The van der Waals surface area contributed by atoms with Crippen molar-refractivity contribution >= 4 is 5.78 Å². The maximum Gasteiger partial charge on any atom is 0.522 e. The van der Waals surface area contributed by atoms with Crippen LogP contribution in [0.5, 0.6) is 0 Å². The number of ether oxygens (including phenoxy) is 4. The zero-order valence-corrected chi connectivity index (χ0v) is 13.3. The average Bonchev–Trinajstić information content (AvgIpc) is 3.34. The molecule has 0 aromatic heterocycles. The maximum absolute atomic E-state index is 12.5. The van der Waals surface area contributed by atoms with Crippen molar-refractivity contribution in [3.63, 3.8) is 0 Å². The van der Waals surface area contributed by atoms with E-state index in [2.05, 4.69) is 4.74 Å². The molecule has 1 spiro atoms. The molecule has 1 saturated carbocycles. The van der Waals surface area contributed by atoms with Crippen molar-refractivity contribution in [3.8, 4) is 0 Å². The molecule has 5 nitrogen and oxygen atoms in total. The average molecular weight is 338 g/mol. The third kappa shape index (κ3) is 3.01. The molecule has 3 aliphatic rings. The molecule has 6 atom stereocenters. The first-order valence-corrected chi connectivity index (χ1v) is 7.72. The number of halogens is 3. The van der Waals surface area contributed by atoms with Gasteiger partial charge in [-0.2, -0.15) is 0 Å². The van der Waals surface area contributed by atoms with Gasteiger partial charge in [-0.05, 0) is 13.3 Å². The predicted molar refractivity (Wildman–Crippen MR) is 71.7 cm³/mol. The number of rotatable bonds is 5. The fourth-order valence-electron chi connectivity index (χ4n) is 3.83. The minimum absolute atomic E-state index is 0.0248. The lowest BCUT2D eigenvalue weighted by molar-refractivity contribution is -0.324. The van der Waals surface area contributed by atoms with Crippen LogP contribution in [-0.2, 0) is 23.7 Å². The van der Waals surface area contributed by atoms with E-state index in [-0.39, 0.29) is 30.1 Å². The zero-order chi connectivity index (χ0) is 17.0. The Morgan fingerprint density at radius 3 is 2.57 bits per heavy atom. The number of hydrogen-bond donors (Lipinski definition) is 0. The van der Waals surface area contributed by atoms with E-state index in [1.807, 2.05) is 13.8 Å². The molecule has 0 N–H and O–H groups in total. The van der Waals surface area contributed by atoms with Gasteiger partial charge in [-0.1, -0.05) is 6.92 Å². The van der Waals surface area contributed by atoms with Gasteiger partial charge in [0.2, 0.25) is 0 Å². The van der Waals surface area contributed by atoms with E-state index in [1.54, 1.807) is 0 Å². The second-order valence-corrected chi connectivity index (χ2v) is 6.82. The quantitative estimate of drug-likeness (QED) is 0.718. The van der Waals surface area contributed by atoms with Gasteiger partial charge in [0.25, 0.3) is 0 Å². The van der Waals surface area contributed by atoms with Crippen molar-refractivity contribution < 1.29 is 36.9 Å². The number of methoxy groups -OCH3 is 1. The number of carbonyl (C=O) groups excluding carboxylic acids is 1. The van der Waals surface area contributed by atoms with E-state index in [1.165, 1.54) is 7.11 Å². The van der Waals surface area contributed by atoms with E-state index >= 15 is 0 Å². The maximum atomic E-state index is 12.5. The molecule has 2 heterocycles. The first kappa shape index (κ1) is 17.1. The van der Waals surface area contributed by atoms with E-state index in [0.717, 1.165) is 0 Å². The molecule has 3 fully saturated rings. The molecule has 0 aromatic carbocycles. The van der Waals surface area contributed by atoms with Crippen LogP contribution >= 0.6 is 0 Å². The van der Waals surface area contributed by atoms with E-state index < -0.39 is 30.3 Å². The van der Waals surface area contributed by atoms with Gasteiger partial charge in [-0.3, -0.25) is 9.53 Å². The smallest absolute Gasteiger partial charge is 0.373 e. The highest BCUT2D eigenvalue weighted by atomic mass is 19.4. The summed E-state index contributed by atoms with van der Waals surface area (Å²) in [5.74, 6) is -0.490. The first-order chi connectivity index (χ1) is 10.6. The van der Waals surface area contributed by atoms with E-state index in [9.17, 15) is 18.0 Å². The van der Waals surface area contributed by atoms with Crippen LogP contribution in [0.4, 0.5) is 13.2 Å². The van der Waals surface area contributed by atoms with Gasteiger partial charge in [0.05, 0.1) is 24.9 Å². The second kappa shape index (κ2) is 5.40. The molecule has 8 heteroatoms. The summed E-state index contributed by atoms with van der Waals surface area (Å²) in [7, 11) is 1.47. The Balaban J connectivity index is 1.65. The summed E-state index contributed by atoms with van der Waals surface area (Å²) in [5.41, 5.74) is -1.12. The second-order valence-electron chi connectivity index (χ2n) is 6.82. The largest absolute Gasteiger partial charge is 0.522 e. The first-order valence-electron chi connectivity index (χ1n) is 7.72. The monoisotopic (exact) mass is 338 g/mol. The number of ketones is 1. The highest BCUT2D eigenvalue weighted by Crippen LogP contribution is 2.56. The van der Waals surface area contributed by atoms with Crippen molar-refractivity contribution in [2.45, 2.75) is 56.5 Å². The summed E-state index contributed by atoms with van der Waals surface area (Å²) >= 11 is 0. The van der Waals surface area contributed by atoms with Crippen LogP contribution in [-0.4, -0.2) is 55.9 Å².